The Labute approximate surface area is 197 Å². The van der Waals surface area contributed by atoms with Gasteiger partial charge in [0.25, 0.3) is 0 Å². The normalized spacial score (nSPS) is 17.4. The molecule has 33 heavy (non-hydrogen) atoms. The first-order valence-electron chi connectivity index (χ1n) is 11.0. The van der Waals surface area contributed by atoms with Gasteiger partial charge in [-0.3, -0.25) is 4.79 Å². The summed E-state index contributed by atoms with van der Waals surface area (Å²) >= 11 is 1.43. The lowest BCUT2D eigenvalue weighted by Gasteiger charge is -2.28. The van der Waals surface area contributed by atoms with Crippen LogP contribution in [-0.4, -0.2) is 58.8 Å². The summed E-state index contributed by atoms with van der Waals surface area (Å²) in [6, 6.07) is 15.5. The summed E-state index contributed by atoms with van der Waals surface area (Å²) in [6.07, 6.45) is -0.390. The van der Waals surface area contributed by atoms with E-state index in [1.165, 1.54) is 27.8 Å². The topological polar surface area (TPSA) is 95.9 Å². The van der Waals surface area contributed by atoms with Gasteiger partial charge in [-0.05, 0) is 27.7 Å². The number of fused-ring (bicyclic) bond motifs is 3. The van der Waals surface area contributed by atoms with Crippen LogP contribution in [0.15, 0.2) is 48.5 Å². The molecule has 0 spiro atoms. The molecule has 0 saturated carbocycles. The van der Waals surface area contributed by atoms with E-state index in [1.54, 1.807) is 0 Å². The number of benzene rings is 2. The number of carbonyl (C=O) groups is 3. The van der Waals surface area contributed by atoms with Gasteiger partial charge >= 0.3 is 12.1 Å². The molecule has 1 saturated heterocycles. The van der Waals surface area contributed by atoms with Crippen molar-refractivity contribution < 1.29 is 24.2 Å². The second kappa shape index (κ2) is 9.47. The fourth-order valence-corrected chi connectivity index (χ4v) is 5.60. The van der Waals surface area contributed by atoms with Crippen LogP contribution < -0.4 is 5.32 Å². The predicted molar refractivity (Wildman–Crippen MR) is 127 cm³/mol. The summed E-state index contributed by atoms with van der Waals surface area (Å²) in [5.74, 6) is -0.432. The molecule has 7 nitrogen and oxygen atoms in total. The molecule has 4 rings (SSSR count). The monoisotopic (exact) mass is 468 g/mol. The molecule has 1 fully saturated rings. The second-order valence-corrected chi connectivity index (χ2v) is 10.2. The number of carboxylic acid groups (broad SMARTS) is 1. The minimum absolute atomic E-state index is 0.0154. The molecule has 174 valence electrons. The molecule has 1 atom stereocenters. The molecule has 2 aromatic rings. The Morgan fingerprint density at radius 1 is 1.09 bits per heavy atom. The summed E-state index contributed by atoms with van der Waals surface area (Å²) in [4.78, 5) is 37.9. The number of alkyl carbamates (subject to hydrolysis) is 1. The van der Waals surface area contributed by atoms with Gasteiger partial charge in [0.15, 0.2) is 0 Å². The van der Waals surface area contributed by atoms with E-state index in [1.807, 2.05) is 38.1 Å². The van der Waals surface area contributed by atoms with Crippen LogP contribution in [0.5, 0.6) is 0 Å². The number of carbonyl (C=O) groups excluding carboxylic acids is 2. The zero-order chi connectivity index (χ0) is 23.6. The van der Waals surface area contributed by atoms with Crippen molar-refractivity contribution in [2.45, 2.75) is 32.2 Å². The zero-order valence-corrected chi connectivity index (χ0v) is 19.6. The molecule has 8 heteroatoms. The lowest BCUT2D eigenvalue weighted by atomic mass is 9.88. The van der Waals surface area contributed by atoms with Crippen LogP contribution in [0.2, 0.25) is 0 Å². The number of hydrogen-bond acceptors (Lipinski definition) is 5. The van der Waals surface area contributed by atoms with Crippen molar-refractivity contribution in [2.24, 2.45) is 5.41 Å². The van der Waals surface area contributed by atoms with E-state index in [0.29, 0.717) is 11.6 Å². The maximum absolute atomic E-state index is 12.7. The molecule has 0 bridgehead atoms. The van der Waals surface area contributed by atoms with Crippen molar-refractivity contribution in [1.82, 2.24) is 10.2 Å². The summed E-state index contributed by atoms with van der Waals surface area (Å²) in [6.45, 7) is 4.21. The van der Waals surface area contributed by atoms with Gasteiger partial charge < -0.3 is 20.1 Å². The largest absolute Gasteiger partial charge is 0.480 e. The molecule has 1 aliphatic carbocycles. The Morgan fingerprint density at radius 2 is 1.70 bits per heavy atom. The second-order valence-electron chi connectivity index (χ2n) is 9.24. The van der Waals surface area contributed by atoms with Crippen molar-refractivity contribution in [3.05, 3.63) is 59.7 Å². The summed E-state index contributed by atoms with van der Waals surface area (Å²) < 4.78 is 5.56. The van der Waals surface area contributed by atoms with Gasteiger partial charge in [-0.15, -0.1) is 11.8 Å². The number of aliphatic carboxylic acids is 1. The molecule has 2 aliphatic rings. The molecule has 2 aromatic carbocycles. The van der Waals surface area contributed by atoms with Crippen molar-refractivity contribution in [3.8, 4) is 11.1 Å². The molecule has 2 amide bonds. The Kier molecular flexibility index (Phi) is 6.65. The first-order chi connectivity index (χ1) is 15.8. The molecule has 2 N–H and O–H groups in total. The smallest absolute Gasteiger partial charge is 0.407 e. The Morgan fingerprint density at radius 3 is 2.30 bits per heavy atom. The molecular weight excluding hydrogens is 440 g/mol. The van der Waals surface area contributed by atoms with E-state index in [-0.39, 0.29) is 31.4 Å². The van der Waals surface area contributed by atoms with Crippen molar-refractivity contribution >= 4 is 29.7 Å². The average molecular weight is 469 g/mol. The first-order valence-corrected chi connectivity index (χ1v) is 12.1. The molecule has 0 aromatic heterocycles. The summed E-state index contributed by atoms with van der Waals surface area (Å²) in [5, 5.41) is 12.1. The lowest BCUT2D eigenvalue weighted by Crippen LogP contribution is -2.44. The predicted octanol–water partition coefficient (Wildman–Crippen LogP) is 3.93. The van der Waals surface area contributed by atoms with Crippen LogP contribution in [0.4, 0.5) is 4.79 Å². The third kappa shape index (κ3) is 5.00. The first kappa shape index (κ1) is 23.2. The maximum Gasteiger partial charge on any atom is 0.407 e. The van der Waals surface area contributed by atoms with Crippen LogP contribution in [0.3, 0.4) is 0 Å². The SMILES string of the molecule is CC(C)(CNC(=O)OCC1c2ccccc2-c2ccccc21)CC(=O)N1CSCC1C(=O)O. The standard InChI is InChI=1S/C25H28N2O5S/c1-25(2,11-22(28)27-15-33-13-21(27)23(29)30)14-26-24(31)32-12-20-18-9-5-3-7-16(18)17-8-4-6-10-19(17)20/h3-10,20-21H,11-15H2,1-2H3,(H,26,31)(H,29,30). The van der Waals surface area contributed by atoms with Gasteiger partial charge in [-0.1, -0.05) is 62.4 Å². The Balaban J connectivity index is 1.31. The fraction of sp³-hybridized carbons (Fsp3) is 0.400. The fourth-order valence-electron chi connectivity index (χ4n) is 4.43. The molecule has 0 radical (unpaired) electrons. The average Bonchev–Trinajstić information content (AvgIpc) is 3.40. The minimum Gasteiger partial charge on any atom is -0.480 e. The van der Waals surface area contributed by atoms with E-state index in [9.17, 15) is 19.5 Å². The molecular formula is C25H28N2O5S. The Bertz CT molecular complexity index is 1020. The Hall–Kier alpha value is -3.00. The van der Waals surface area contributed by atoms with Crippen molar-refractivity contribution in [3.63, 3.8) is 0 Å². The number of rotatable bonds is 7. The van der Waals surface area contributed by atoms with Crippen LogP contribution in [-0.2, 0) is 14.3 Å². The van der Waals surface area contributed by atoms with E-state index >= 15 is 0 Å². The van der Waals surface area contributed by atoms with E-state index in [4.69, 9.17) is 4.74 Å². The van der Waals surface area contributed by atoms with Gasteiger partial charge in [-0.2, -0.15) is 0 Å². The van der Waals surface area contributed by atoms with E-state index in [0.717, 1.165) is 11.1 Å². The number of ether oxygens (including phenoxy) is 1. The number of hydrogen-bond donors (Lipinski definition) is 2. The van der Waals surface area contributed by atoms with Gasteiger partial charge in [0.1, 0.15) is 12.6 Å². The number of nitrogens with zero attached hydrogens (tertiary/aromatic N) is 1. The molecule has 1 unspecified atom stereocenters. The summed E-state index contributed by atoms with van der Waals surface area (Å²) in [5.41, 5.74) is 4.09. The van der Waals surface area contributed by atoms with Gasteiger partial charge in [0.2, 0.25) is 5.91 Å². The van der Waals surface area contributed by atoms with Gasteiger partial charge in [0.05, 0.1) is 5.88 Å². The maximum atomic E-state index is 12.7. The third-order valence-corrected chi connectivity index (χ3v) is 7.18. The number of thioether (sulfide) groups is 1. The number of nitrogens with one attached hydrogen (secondary N) is 1. The lowest BCUT2D eigenvalue weighted by molar-refractivity contribution is -0.148. The van der Waals surface area contributed by atoms with E-state index in [2.05, 4.69) is 29.6 Å². The van der Waals surface area contributed by atoms with E-state index < -0.39 is 23.5 Å². The highest BCUT2D eigenvalue weighted by atomic mass is 32.2. The van der Waals surface area contributed by atoms with Gasteiger partial charge in [-0.25, -0.2) is 9.59 Å². The van der Waals surface area contributed by atoms with Gasteiger partial charge in [0, 0.05) is 24.6 Å². The highest BCUT2D eigenvalue weighted by molar-refractivity contribution is 7.99. The summed E-state index contributed by atoms with van der Waals surface area (Å²) in [7, 11) is 0. The van der Waals surface area contributed by atoms with Crippen molar-refractivity contribution in [1.29, 1.82) is 0 Å². The van der Waals surface area contributed by atoms with Crippen LogP contribution in [0, 0.1) is 5.41 Å². The minimum atomic E-state index is -0.983. The highest BCUT2D eigenvalue weighted by Crippen LogP contribution is 2.44. The number of carboxylic acids is 1. The molecule has 1 heterocycles. The zero-order valence-electron chi connectivity index (χ0n) is 18.7. The quantitative estimate of drug-likeness (QED) is 0.639. The van der Waals surface area contributed by atoms with Crippen molar-refractivity contribution in [2.75, 3.05) is 24.8 Å². The molecule has 1 aliphatic heterocycles. The van der Waals surface area contributed by atoms with Crippen LogP contribution in [0.25, 0.3) is 11.1 Å². The highest BCUT2D eigenvalue weighted by Gasteiger charge is 2.37. The van der Waals surface area contributed by atoms with Crippen LogP contribution >= 0.6 is 11.8 Å². The third-order valence-electron chi connectivity index (χ3n) is 6.17. The van der Waals surface area contributed by atoms with Crippen LogP contribution in [0.1, 0.15) is 37.3 Å². The number of amides is 2.